The van der Waals surface area contributed by atoms with Crippen molar-refractivity contribution in [3.05, 3.63) is 0 Å². The maximum absolute atomic E-state index is 12.3. The Morgan fingerprint density at radius 3 is 2.38 bits per heavy atom. The lowest BCUT2D eigenvalue weighted by atomic mass is 10.0. The Labute approximate surface area is 97.1 Å². The van der Waals surface area contributed by atoms with Crippen molar-refractivity contribution in [1.29, 1.82) is 0 Å². The summed E-state index contributed by atoms with van der Waals surface area (Å²) < 4.78 is 5.63. The van der Waals surface area contributed by atoms with Crippen LogP contribution in [0.15, 0.2) is 0 Å². The summed E-state index contributed by atoms with van der Waals surface area (Å²) in [6, 6.07) is 0.0703. The van der Waals surface area contributed by atoms with E-state index in [-0.39, 0.29) is 30.1 Å². The highest BCUT2D eigenvalue weighted by molar-refractivity contribution is 5.80. The van der Waals surface area contributed by atoms with Gasteiger partial charge in [-0.25, -0.2) is 0 Å². The molecule has 16 heavy (non-hydrogen) atoms. The van der Waals surface area contributed by atoms with Crippen LogP contribution in [0.2, 0.25) is 0 Å². The van der Waals surface area contributed by atoms with E-state index in [1.54, 1.807) is 0 Å². The summed E-state index contributed by atoms with van der Waals surface area (Å²) in [7, 11) is 0. The summed E-state index contributed by atoms with van der Waals surface area (Å²) >= 11 is 0. The lowest BCUT2D eigenvalue weighted by Gasteiger charge is -2.37. The number of rotatable bonds is 1. The molecule has 2 rings (SSSR count). The zero-order valence-corrected chi connectivity index (χ0v) is 10.2. The molecule has 1 saturated heterocycles. The summed E-state index contributed by atoms with van der Waals surface area (Å²) in [6.45, 7) is 5.47. The quantitative estimate of drug-likeness (QED) is 0.718. The van der Waals surface area contributed by atoms with Gasteiger partial charge in [-0.15, -0.1) is 0 Å². The third-order valence-corrected chi connectivity index (χ3v) is 3.62. The van der Waals surface area contributed by atoms with E-state index in [9.17, 15) is 4.79 Å². The average molecular weight is 226 g/mol. The molecule has 4 atom stereocenters. The molecule has 1 amide bonds. The fraction of sp³-hybridized carbons (Fsp3) is 0.917. The van der Waals surface area contributed by atoms with E-state index in [2.05, 4.69) is 0 Å². The molecular weight excluding hydrogens is 204 g/mol. The first-order chi connectivity index (χ1) is 7.58. The van der Waals surface area contributed by atoms with Crippen LogP contribution < -0.4 is 5.73 Å². The molecule has 2 N–H and O–H groups in total. The summed E-state index contributed by atoms with van der Waals surface area (Å²) in [5.74, 6) is 0.296. The molecule has 4 nitrogen and oxygen atoms in total. The van der Waals surface area contributed by atoms with Gasteiger partial charge < -0.3 is 15.4 Å². The zero-order valence-electron chi connectivity index (χ0n) is 10.2. The van der Waals surface area contributed by atoms with E-state index in [0.29, 0.717) is 13.1 Å². The monoisotopic (exact) mass is 226 g/mol. The molecule has 0 aromatic carbocycles. The van der Waals surface area contributed by atoms with Crippen molar-refractivity contribution in [3.8, 4) is 0 Å². The number of carbonyl (C=O) groups is 1. The fourth-order valence-corrected chi connectivity index (χ4v) is 2.89. The van der Waals surface area contributed by atoms with E-state index in [1.165, 1.54) is 0 Å². The van der Waals surface area contributed by atoms with E-state index < -0.39 is 0 Å². The van der Waals surface area contributed by atoms with Gasteiger partial charge >= 0.3 is 0 Å². The van der Waals surface area contributed by atoms with Gasteiger partial charge in [-0.2, -0.15) is 0 Å². The lowest BCUT2D eigenvalue weighted by Crippen LogP contribution is -2.51. The van der Waals surface area contributed by atoms with Crippen molar-refractivity contribution < 1.29 is 9.53 Å². The maximum atomic E-state index is 12.3. The molecule has 0 aromatic rings. The van der Waals surface area contributed by atoms with Crippen LogP contribution in [0.4, 0.5) is 0 Å². The molecule has 2 aliphatic rings. The Morgan fingerprint density at radius 2 is 1.88 bits per heavy atom. The van der Waals surface area contributed by atoms with Gasteiger partial charge in [0.25, 0.3) is 0 Å². The highest BCUT2D eigenvalue weighted by Crippen LogP contribution is 2.27. The first kappa shape index (κ1) is 11.9. The van der Waals surface area contributed by atoms with Crippen molar-refractivity contribution in [3.63, 3.8) is 0 Å². The highest BCUT2D eigenvalue weighted by atomic mass is 16.5. The minimum absolute atomic E-state index is 0.0532. The predicted molar refractivity (Wildman–Crippen MR) is 61.9 cm³/mol. The van der Waals surface area contributed by atoms with Gasteiger partial charge in [-0.3, -0.25) is 4.79 Å². The van der Waals surface area contributed by atoms with Gasteiger partial charge in [0.2, 0.25) is 5.91 Å². The number of nitrogens with zero attached hydrogens (tertiary/aromatic N) is 1. The predicted octanol–water partition coefficient (Wildman–Crippen LogP) is 0.750. The second-order valence-electron chi connectivity index (χ2n) is 5.20. The molecule has 1 aliphatic heterocycles. The maximum Gasteiger partial charge on any atom is 0.227 e. The molecule has 4 heteroatoms. The van der Waals surface area contributed by atoms with E-state index >= 15 is 0 Å². The van der Waals surface area contributed by atoms with Crippen molar-refractivity contribution in [2.75, 3.05) is 13.1 Å². The minimum Gasteiger partial charge on any atom is -0.372 e. The largest absolute Gasteiger partial charge is 0.372 e. The lowest BCUT2D eigenvalue weighted by molar-refractivity contribution is -0.147. The van der Waals surface area contributed by atoms with Crippen LogP contribution in [0.5, 0.6) is 0 Å². The number of ether oxygens (including phenoxy) is 1. The summed E-state index contributed by atoms with van der Waals surface area (Å²) in [5.41, 5.74) is 5.98. The SMILES string of the molecule is CC1CN(C(=O)C2CCCC2N)CC(C)O1. The standard InChI is InChI=1S/C12H22N2O2/c1-8-6-14(7-9(2)16-8)12(15)10-4-3-5-11(10)13/h8-11H,3-7,13H2,1-2H3. The van der Waals surface area contributed by atoms with Crippen LogP contribution in [0.1, 0.15) is 33.1 Å². The molecule has 0 bridgehead atoms. The molecule has 1 aliphatic carbocycles. The van der Waals surface area contributed by atoms with E-state index in [1.807, 2.05) is 18.7 Å². The number of hydrogen-bond donors (Lipinski definition) is 1. The Kier molecular flexibility index (Phi) is 3.50. The van der Waals surface area contributed by atoms with Crippen molar-refractivity contribution >= 4 is 5.91 Å². The number of morpholine rings is 1. The van der Waals surface area contributed by atoms with Crippen LogP contribution >= 0.6 is 0 Å². The molecule has 0 aromatic heterocycles. The molecule has 0 radical (unpaired) electrons. The fourth-order valence-electron chi connectivity index (χ4n) is 2.89. The first-order valence-corrected chi connectivity index (χ1v) is 6.27. The van der Waals surface area contributed by atoms with Crippen LogP contribution in [-0.4, -0.2) is 42.1 Å². The van der Waals surface area contributed by atoms with Crippen LogP contribution in [0.25, 0.3) is 0 Å². The minimum atomic E-state index is 0.0532. The van der Waals surface area contributed by atoms with Crippen molar-refractivity contribution in [1.82, 2.24) is 4.90 Å². The topological polar surface area (TPSA) is 55.6 Å². The van der Waals surface area contributed by atoms with Gasteiger partial charge in [0.05, 0.1) is 18.1 Å². The second-order valence-corrected chi connectivity index (χ2v) is 5.20. The van der Waals surface area contributed by atoms with Crippen LogP contribution in [0, 0.1) is 5.92 Å². The Bertz CT molecular complexity index is 260. The van der Waals surface area contributed by atoms with Gasteiger partial charge in [0.15, 0.2) is 0 Å². The number of nitrogens with two attached hydrogens (primary N) is 1. The zero-order chi connectivity index (χ0) is 11.7. The first-order valence-electron chi connectivity index (χ1n) is 6.27. The molecule has 1 heterocycles. The van der Waals surface area contributed by atoms with Crippen LogP contribution in [-0.2, 0) is 9.53 Å². The highest BCUT2D eigenvalue weighted by Gasteiger charge is 2.35. The normalized spacial score (nSPS) is 40.1. The summed E-state index contributed by atoms with van der Waals surface area (Å²) in [6.07, 6.45) is 3.33. The summed E-state index contributed by atoms with van der Waals surface area (Å²) in [5, 5.41) is 0. The Morgan fingerprint density at radius 1 is 1.25 bits per heavy atom. The third kappa shape index (κ3) is 2.38. The third-order valence-electron chi connectivity index (χ3n) is 3.62. The summed E-state index contributed by atoms with van der Waals surface area (Å²) in [4.78, 5) is 14.2. The number of hydrogen-bond acceptors (Lipinski definition) is 3. The van der Waals surface area contributed by atoms with E-state index in [4.69, 9.17) is 10.5 Å². The smallest absolute Gasteiger partial charge is 0.227 e. The van der Waals surface area contributed by atoms with Crippen LogP contribution in [0.3, 0.4) is 0 Å². The second kappa shape index (κ2) is 4.72. The van der Waals surface area contributed by atoms with Gasteiger partial charge in [-0.05, 0) is 26.7 Å². The van der Waals surface area contributed by atoms with Gasteiger partial charge in [0.1, 0.15) is 0 Å². The molecule has 92 valence electrons. The van der Waals surface area contributed by atoms with Crippen molar-refractivity contribution in [2.45, 2.75) is 51.4 Å². The van der Waals surface area contributed by atoms with E-state index in [0.717, 1.165) is 19.3 Å². The Hall–Kier alpha value is -0.610. The average Bonchev–Trinajstić information content (AvgIpc) is 2.62. The molecule has 4 unspecified atom stereocenters. The molecular formula is C12H22N2O2. The molecule has 2 fully saturated rings. The molecule has 1 saturated carbocycles. The number of amides is 1. The van der Waals surface area contributed by atoms with Gasteiger partial charge in [0, 0.05) is 19.1 Å². The molecule has 0 spiro atoms. The van der Waals surface area contributed by atoms with Crippen molar-refractivity contribution in [2.24, 2.45) is 11.7 Å². The Balaban J connectivity index is 1.98. The number of carbonyl (C=O) groups excluding carboxylic acids is 1. The van der Waals surface area contributed by atoms with Gasteiger partial charge in [-0.1, -0.05) is 6.42 Å².